The van der Waals surface area contributed by atoms with E-state index >= 15 is 0 Å². The number of hydrogen-bond acceptors (Lipinski definition) is 5. The van der Waals surface area contributed by atoms with Crippen LogP contribution >= 0.6 is 0 Å². The van der Waals surface area contributed by atoms with Gasteiger partial charge < -0.3 is 15.0 Å². The van der Waals surface area contributed by atoms with Gasteiger partial charge in [0.25, 0.3) is 0 Å². The van der Waals surface area contributed by atoms with Crippen molar-refractivity contribution in [1.29, 1.82) is 0 Å². The normalized spacial score (nSPS) is 19.5. The molecule has 0 radical (unpaired) electrons. The molecule has 3 aromatic rings. The molecular formula is C24H21F3N4O4. The molecule has 3 unspecified atom stereocenters. The Hall–Kier alpha value is -4.15. The lowest BCUT2D eigenvalue weighted by Crippen LogP contribution is -2.24. The highest BCUT2D eigenvalue weighted by atomic mass is 19.4. The van der Waals surface area contributed by atoms with Crippen LogP contribution in [0.1, 0.15) is 18.1 Å². The van der Waals surface area contributed by atoms with Gasteiger partial charge in [-0.15, -0.1) is 0 Å². The van der Waals surface area contributed by atoms with Crippen molar-refractivity contribution in [3.05, 3.63) is 65.9 Å². The summed E-state index contributed by atoms with van der Waals surface area (Å²) in [5.41, 5.74) is 2.90. The summed E-state index contributed by atoms with van der Waals surface area (Å²) < 4.78 is 43.8. The second-order valence-electron chi connectivity index (χ2n) is 7.92. The topological polar surface area (TPSA) is 113 Å². The number of hydrazone groups is 1. The predicted octanol–water partition coefficient (Wildman–Crippen LogP) is 3.70. The van der Waals surface area contributed by atoms with E-state index in [0.717, 1.165) is 34.7 Å². The Kier molecular flexibility index (Phi) is 6.59. The molecule has 1 fully saturated rings. The van der Waals surface area contributed by atoms with Gasteiger partial charge in [0.2, 0.25) is 11.8 Å². The molecule has 0 bridgehead atoms. The van der Waals surface area contributed by atoms with Crippen LogP contribution in [0.2, 0.25) is 0 Å². The maximum atomic E-state index is 13.0. The van der Waals surface area contributed by atoms with Crippen LogP contribution in [0.3, 0.4) is 0 Å². The minimum absolute atomic E-state index is 0.0460. The highest BCUT2D eigenvalue weighted by Crippen LogP contribution is 2.48. The van der Waals surface area contributed by atoms with Gasteiger partial charge in [0, 0.05) is 28.4 Å². The molecule has 0 saturated heterocycles. The van der Waals surface area contributed by atoms with Gasteiger partial charge in [-0.2, -0.15) is 18.3 Å². The second kappa shape index (κ2) is 9.61. The Morgan fingerprint density at radius 2 is 1.80 bits per heavy atom. The maximum Gasteiger partial charge on any atom is 0.416 e. The summed E-state index contributed by atoms with van der Waals surface area (Å²) in [6.45, 7) is 1.63. The largest absolute Gasteiger partial charge is 0.466 e. The number of halogens is 3. The SMILES string of the molecule is CCOC(=O)C1C(C(=O)N/N=C\c2c[nH]c3ccccc23)C1C(=O)Nc1cccc(C(F)(F)F)c1. The van der Waals surface area contributed by atoms with Gasteiger partial charge in [-0.05, 0) is 31.2 Å². The van der Waals surface area contributed by atoms with E-state index in [4.69, 9.17) is 4.74 Å². The summed E-state index contributed by atoms with van der Waals surface area (Å²) in [5.74, 6) is -5.42. The van der Waals surface area contributed by atoms with Crippen LogP contribution < -0.4 is 10.7 Å². The number of fused-ring (bicyclic) bond motifs is 1. The molecule has 0 spiro atoms. The van der Waals surface area contributed by atoms with E-state index in [2.05, 4.69) is 20.8 Å². The number of nitrogens with one attached hydrogen (secondary N) is 3. The summed E-state index contributed by atoms with van der Waals surface area (Å²) in [6, 6.07) is 11.6. The summed E-state index contributed by atoms with van der Waals surface area (Å²) in [6.07, 6.45) is -1.45. The minimum atomic E-state index is -4.58. The van der Waals surface area contributed by atoms with Crippen molar-refractivity contribution in [3.8, 4) is 0 Å². The molecule has 4 rings (SSSR count). The predicted molar refractivity (Wildman–Crippen MR) is 121 cm³/mol. The number of anilines is 1. The second-order valence-corrected chi connectivity index (χ2v) is 7.92. The van der Waals surface area contributed by atoms with Crippen LogP contribution in [0.5, 0.6) is 0 Å². The van der Waals surface area contributed by atoms with E-state index in [1.54, 1.807) is 13.1 Å². The van der Waals surface area contributed by atoms with Crippen molar-refractivity contribution in [2.45, 2.75) is 13.1 Å². The minimum Gasteiger partial charge on any atom is -0.466 e. The van der Waals surface area contributed by atoms with E-state index in [9.17, 15) is 27.6 Å². The maximum absolute atomic E-state index is 13.0. The van der Waals surface area contributed by atoms with E-state index in [-0.39, 0.29) is 12.3 Å². The highest BCUT2D eigenvalue weighted by molar-refractivity contribution is 6.05. The van der Waals surface area contributed by atoms with E-state index in [1.807, 2.05) is 24.3 Å². The number of H-pyrrole nitrogens is 1. The third-order valence-electron chi connectivity index (χ3n) is 5.64. The number of carbonyl (C=O) groups is 3. The molecule has 3 N–H and O–H groups in total. The molecule has 1 aromatic heterocycles. The number of hydrogen-bond donors (Lipinski definition) is 3. The number of nitrogens with zero attached hydrogens (tertiary/aromatic N) is 1. The van der Waals surface area contributed by atoms with E-state index in [1.165, 1.54) is 12.3 Å². The Morgan fingerprint density at radius 1 is 1.06 bits per heavy atom. The van der Waals surface area contributed by atoms with Gasteiger partial charge in [-0.3, -0.25) is 14.4 Å². The van der Waals surface area contributed by atoms with Gasteiger partial charge in [-0.1, -0.05) is 24.3 Å². The number of carbonyl (C=O) groups excluding carboxylic acids is 3. The molecule has 0 aliphatic heterocycles. The highest BCUT2D eigenvalue weighted by Gasteiger charge is 2.63. The fourth-order valence-corrected chi connectivity index (χ4v) is 3.93. The zero-order chi connectivity index (χ0) is 25.2. The molecule has 8 nitrogen and oxygen atoms in total. The number of ether oxygens (including phenoxy) is 1. The number of rotatable bonds is 7. The first kappa shape index (κ1) is 24.0. The first-order valence-corrected chi connectivity index (χ1v) is 10.7. The lowest BCUT2D eigenvalue weighted by Gasteiger charge is -2.10. The quantitative estimate of drug-likeness (QED) is 0.269. The van der Waals surface area contributed by atoms with Crippen LogP contribution in [-0.4, -0.2) is 35.6 Å². The van der Waals surface area contributed by atoms with Crippen molar-refractivity contribution in [3.63, 3.8) is 0 Å². The third-order valence-corrected chi connectivity index (χ3v) is 5.64. The van der Waals surface area contributed by atoms with Crippen molar-refractivity contribution in [1.82, 2.24) is 10.4 Å². The van der Waals surface area contributed by atoms with Gasteiger partial charge in [-0.25, -0.2) is 5.43 Å². The number of esters is 1. The van der Waals surface area contributed by atoms with Crippen molar-refractivity contribution < 1.29 is 32.3 Å². The Bertz CT molecular complexity index is 1300. The molecule has 11 heteroatoms. The molecule has 3 atom stereocenters. The van der Waals surface area contributed by atoms with Gasteiger partial charge in [0.1, 0.15) is 0 Å². The fraction of sp³-hybridized carbons (Fsp3) is 0.250. The smallest absolute Gasteiger partial charge is 0.416 e. The molecule has 1 saturated carbocycles. The Labute approximate surface area is 197 Å². The first-order valence-electron chi connectivity index (χ1n) is 10.7. The standard InChI is InChI=1S/C24H21F3N4O4/c1-2-35-23(34)20-18(21(32)30-15-7-5-6-14(10-15)24(25,26)27)19(20)22(33)31-29-12-13-11-28-17-9-4-3-8-16(13)17/h3-12,18-20,28H,2H2,1H3,(H,30,32)(H,31,33)/b29-12-. The monoisotopic (exact) mass is 486 g/mol. The van der Waals surface area contributed by atoms with E-state index < -0.39 is 47.3 Å². The van der Waals surface area contributed by atoms with Crippen LogP contribution in [0, 0.1) is 17.8 Å². The van der Waals surface area contributed by atoms with Crippen LogP contribution in [0.25, 0.3) is 10.9 Å². The summed E-state index contributed by atoms with van der Waals surface area (Å²) in [7, 11) is 0. The number of para-hydroxylation sites is 1. The molecular weight excluding hydrogens is 465 g/mol. The summed E-state index contributed by atoms with van der Waals surface area (Å²) in [5, 5.41) is 7.17. The van der Waals surface area contributed by atoms with Crippen molar-refractivity contribution >= 4 is 40.6 Å². The number of alkyl halides is 3. The van der Waals surface area contributed by atoms with Crippen molar-refractivity contribution in [2.75, 3.05) is 11.9 Å². The number of aromatic amines is 1. The lowest BCUT2D eigenvalue weighted by molar-refractivity contribution is -0.146. The van der Waals surface area contributed by atoms with Crippen LogP contribution in [-0.2, 0) is 25.3 Å². The van der Waals surface area contributed by atoms with Crippen molar-refractivity contribution in [2.24, 2.45) is 22.9 Å². The van der Waals surface area contributed by atoms with Crippen LogP contribution in [0.15, 0.2) is 59.8 Å². The first-order chi connectivity index (χ1) is 16.7. The Balaban J connectivity index is 1.46. The number of aromatic nitrogens is 1. The molecule has 2 amide bonds. The molecule has 2 aromatic carbocycles. The van der Waals surface area contributed by atoms with E-state index in [0.29, 0.717) is 0 Å². The zero-order valence-electron chi connectivity index (χ0n) is 18.4. The number of benzene rings is 2. The molecule has 182 valence electrons. The summed E-state index contributed by atoms with van der Waals surface area (Å²) >= 11 is 0. The fourth-order valence-electron chi connectivity index (χ4n) is 3.93. The molecule has 1 aliphatic rings. The van der Waals surface area contributed by atoms with Crippen LogP contribution in [0.4, 0.5) is 18.9 Å². The van der Waals surface area contributed by atoms with Gasteiger partial charge in [0.05, 0.1) is 36.1 Å². The average molecular weight is 486 g/mol. The molecule has 35 heavy (non-hydrogen) atoms. The van der Waals surface area contributed by atoms with Gasteiger partial charge >= 0.3 is 12.1 Å². The molecule has 1 heterocycles. The average Bonchev–Trinajstić information content (AvgIpc) is 3.46. The summed E-state index contributed by atoms with van der Waals surface area (Å²) in [4.78, 5) is 40.8. The Morgan fingerprint density at radius 3 is 2.54 bits per heavy atom. The number of amides is 2. The molecule has 1 aliphatic carbocycles. The zero-order valence-corrected chi connectivity index (χ0v) is 18.4. The lowest BCUT2D eigenvalue weighted by atomic mass is 10.2. The van der Waals surface area contributed by atoms with Gasteiger partial charge in [0.15, 0.2) is 0 Å². The third kappa shape index (κ3) is 5.18.